The number of hydrogen-bond donors (Lipinski definition) is 2. The summed E-state index contributed by atoms with van der Waals surface area (Å²) in [7, 11) is 3.05. The second-order valence-corrected chi connectivity index (χ2v) is 4.77. The van der Waals surface area contributed by atoms with E-state index in [1.165, 1.54) is 14.2 Å². The zero-order valence-electron chi connectivity index (χ0n) is 12.9. The van der Waals surface area contributed by atoms with Gasteiger partial charge in [-0.3, -0.25) is 9.59 Å². The summed E-state index contributed by atoms with van der Waals surface area (Å²) < 4.78 is 10.3. The van der Waals surface area contributed by atoms with Crippen LogP contribution in [0.2, 0.25) is 0 Å². The van der Waals surface area contributed by atoms with Crippen molar-refractivity contribution in [2.24, 2.45) is 5.92 Å². The molecule has 0 bridgehead atoms. The van der Waals surface area contributed by atoms with Gasteiger partial charge in [0.05, 0.1) is 14.2 Å². The lowest BCUT2D eigenvalue weighted by atomic mass is 10.2. The summed E-state index contributed by atoms with van der Waals surface area (Å²) in [6.07, 6.45) is 0. The number of carbonyl (C=O) groups is 2. The quantitative estimate of drug-likeness (QED) is 0.741. The molecule has 2 N–H and O–H groups in total. The van der Waals surface area contributed by atoms with Crippen LogP contribution in [0.25, 0.3) is 0 Å². The number of methoxy groups -OCH3 is 2. The summed E-state index contributed by atoms with van der Waals surface area (Å²) >= 11 is 0. The summed E-state index contributed by atoms with van der Waals surface area (Å²) in [6.45, 7) is 4.40. The molecule has 21 heavy (non-hydrogen) atoms. The number of nitrogens with one attached hydrogen (secondary N) is 2. The van der Waals surface area contributed by atoms with Gasteiger partial charge in [0.1, 0.15) is 0 Å². The number of carbonyl (C=O) groups excluding carboxylic acids is 2. The van der Waals surface area contributed by atoms with Gasteiger partial charge in [0.2, 0.25) is 5.91 Å². The second kappa shape index (κ2) is 8.14. The summed E-state index contributed by atoms with van der Waals surface area (Å²) in [5.41, 5.74) is 0.475. The first-order chi connectivity index (χ1) is 9.99. The molecule has 0 radical (unpaired) electrons. The summed E-state index contributed by atoms with van der Waals surface area (Å²) in [5, 5.41) is 5.46. The van der Waals surface area contributed by atoms with Gasteiger partial charge in [-0.15, -0.1) is 0 Å². The summed E-state index contributed by atoms with van der Waals surface area (Å²) in [4.78, 5) is 23.3. The van der Waals surface area contributed by atoms with Gasteiger partial charge in [0.25, 0.3) is 5.91 Å². The molecule has 0 unspecified atom stereocenters. The first-order valence-corrected chi connectivity index (χ1v) is 6.77. The molecule has 1 aromatic carbocycles. The molecule has 0 heterocycles. The van der Waals surface area contributed by atoms with Crippen LogP contribution in [0, 0.1) is 5.92 Å². The number of rotatable bonds is 7. The minimum atomic E-state index is -0.227. The minimum Gasteiger partial charge on any atom is -0.493 e. The number of amides is 2. The van der Waals surface area contributed by atoms with Crippen molar-refractivity contribution >= 4 is 11.8 Å². The Morgan fingerprint density at radius 2 is 1.67 bits per heavy atom. The Bertz CT molecular complexity index is 500. The van der Waals surface area contributed by atoms with Crippen molar-refractivity contribution in [3.8, 4) is 11.5 Å². The highest BCUT2D eigenvalue weighted by molar-refractivity contribution is 5.94. The highest BCUT2D eigenvalue weighted by Gasteiger charge is 2.10. The van der Waals surface area contributed by atoms with Crippen LogP contribution >= 0.6 is 0 Å². The molecular weight excluding hydrogens is 272 g/mol. The first kappa shape index (κ1) is 16.8. The van der Waals surface area contributed by atoms with Gasteiger partial charge in [-0.1, -0.05) is 13.8 Å². The summed E-state index contributed by atoms with van der Waals surface area (Å²) in [5.74, 6) is 0.744. The van der Waals surface area contributed by atoms with Crippen LogP contribution in [-0.4, -0.2) is 39.1 Å². The Hall–Kier alpha value is -2.24. The Morgan fingerprint density at radius 3 is 2.24 bits per heavy atom. The van der Waals surface area contributed by atoms with Crippen molar-refractivity contribution in [2.45, 2.75) is 13.8 Å². The fraction of sp³-hybridized carbons (Fsp3) is 0.467. The lowest BCUT2D eigenvalue weighted by molar-refractivity contribution is -0.123. The van der Waals surface area contributed by atoms with Gasteiger partial charge in [0.15, 0.2) is 11.5 Å². The molecule has 116 valence electrons. The third-order valence-corrected chi connectivity index (χ3v) is 2.88. The van der Waals surface area contributed by atoms with E-state index >= 15 is 0 Å². The number of hydrogen-bond acceptors (Lipinski definition) is 4. The van der Waals surface area contributed by atoms with Crippen molar-refractivity contribution in [1.82, 2.24) is 10.6 Å². The molecule has 0 fully saturated rings. The van der Waals surface area contributed by atoms with Crippen LogP contribution in [0.1, 0.15) is 24.2 Å². The van der Waals surface area contributed by atoms with E-state index in [9.17, 15) is 9.59 Å². The maximum Gasteiger partial charge on any atom is 0.251 e. The molecular formula is C15H22N2O4. The molecule has 1 rings (SSSR count). The van der Waals surface area contributed by atoms with E-state index in [4.69, 9.17) is 9.47 Å². The molecule has 6 nitrogen and oxygen atoms in total. The van der Waals surface area contributed by atoms with E-state index in [1.54, 1.807) is 18.2 Å². The monoisotopic (exact) mass is 294 g/mol. The molecule has 0 saturated heterocycles. The SMILES string of the molecule is COc1ccc(C(=O)NCCNC(=O)C(C)C)cc1OC. The van der Waals surface area contributed by atoms with E-state index in [1.807, 2.05) is 13.8 Å². The molecule has 0 aliphatic heterocycles. The zero-order chi connectivity index (χ0) is 15.8. The topological polar surface area (TPSA) is 76.7 Å². The third-order valence-electron chi connectivity index (χ3n) is 2.88. The fourth-order valence-corrected chi connectivity index (χ4v) is 1.65. The van der Waals surface area contributed by atoms with Crippen molar-refractivity contribution in [1.29, 1.82) is 0 Å². The Balaban J connectivity index is 2.51. The van der Waals surface area contributed by atoms with Crippen molar-refractivity contribution in [3.05, 3.63) is 23.8 Å². The minimum absolute atomic E-state index is 0.0321. The van der Waals surface area contributed by atoms with Crippen LogP contribution in [0.3, 0.4) is 0 Å². The van der Waals surface area contributed by atoms with Crippen LogP contribution < -0.4 is 20.1 Å². The lowest BCUT2D eigenvalue weighted by Gasteiger charge is -2.11. The Labute approximate surface area is 124 Å². The van der Waals surface area contributed by atoms with E-state index in [0.717, 1.165) is 0 Å². The molecule has 6 heteroatoms. The van der Waals surface area contributed by atoms with Gasteiger partial charge in [-0.25, -0.2) is 0 Å². The summed E-state index contributed by atoms with van der Waals surface area (Å²) in [6, 6.07) is 4.94. The van der Waals surface area contributed by atoms with Crippen molar-refractivity contribution in [3.63, 3.8) is 0 Å². The predicted octanol–water partition coefficient (Wildman–Crippen LogP) is 1.21. The average Bonchev–Trinajstić information content (AvgIpc) is 2.50. The van der Waals surface area contributed by atoms with Gasteiger partial charge >= 0.3 is 0 Å². The van der Waals surface area contributed by atoms with Crippen LogP contribution in [-0.2, 0) is 4.79 Å². The average molecular weight is 294 g/mol. The number of ether oxygens (including phenoxy) is 2. The van der Waals surface area contributed by atoms with Crippen molar-refractivity contribution < 1.29 is 19.1 Å². The largest absolute Gasteiger partial charge is 0.493 e. The van der Waals surface area contributed by atoms with Gasteiger partial charge in [-0.2, -0.15) is 0 Å². The fourth-order valence-electron chi connectivity index (χ4n) is 1.65. The maximum absolute atomic E-state index is 12.0. The van der Waals surface area contributed by atoms with E-state index in [0.29, 0.717) is 30.2 Å². The van der Waals surface area contributed by atoms with Gasteiger partial charge in [0, 0.05) is 24.6 Å². The molecule has 0 aromatic heterocycles. The van der Waals surface area contributed by atoms with Gasteiger partial charge in [-0.05, 0) is 18.2 Å². The van der Waals surface area contributed by atoms with E-state index < -0.39 is 0 Å². The normalized spacial score (nSPS) is 10.1. The molecule has 0 aliphatic carbocycles. The molecule has 0 saturated carbocycles. The standard InChI is InChI=1S/C15H22N2O4/c1-10(2)14(18)16-7-8-17-15(19)11-5-6-12(20-3)13(9-11)21-4/h5-6,9-10H,7-8H2,1-4H3,(H,16,18)(H,17,19). The molecule has 0 atom stereocenters. The maximum atomic E-state index is 12.0. The Kier molecular flexibility index (Phi) is 6.52. The smallest absolute Gasteiger partial charge is 0.251 e. The Morgan fingerprint density at radius 1 is 1.05 bits per heavy atom. The van der Waals surface area contributed by atoms with Crippen LogP contribution in [0.4, 0.5) is 0 Å². The highest BCUT2D eigenvalue weighted by atomic mass is 16.5. The van der Waals surface area contributed by atoms with Crippen molar-refractivity contribution in [2.75, 3.05) is 27.3 Å². The van der Waals surface area contributed by atoms with Gasteiger partial charge < -0.3 is 20.1 Å². The molecule has 0 aliphatic rings. The lowest BCUT2D eigenvalue weighted by Crippen LogP contribution is -2.36. The molecule has 2 amide bonds. The molecule has 0 spiro atoms. The first-order valence-electron chi connectivity index (χ1n) is 6.77. The van der Waals surface area contributed by atoms with Crippen LogP contribution in [0.15, 0.2) is 18.2 Å². The highest BCUT2D eigenvalue weighted by Crippen LogP contribution is 2.27. The third kappa shape index (κ3) is 4.98. The second-order valence-electron chi connectivity index (χ2n) is 4.77. The van der Waals surface area contributed by atoms with Crippen LogP contribution in [0.5, 0.6) is 11.5 Å². The zero-order valence-corrected chi connectivity index (χ0v) is 12.9. The predicted molar refractivity (Wildman–Crippen MR) is 79.7 cm³/mol. The molecule has 1 aromatic rings. The van der Waals surface area contributed by atoms with E-state index in [2.05, 4.69) is 10.6 Å². The van der Waals surface area contributed by atoms with E-state index in [-0.39, 0.29) is 17.7 Å². The number of benzene rings is 1.